The summed E-state index contributed by atoms with van der Waals surface area (Å²) in [6, 6.07) is 12.1. The number of benzene rings is 2. The van der Waals surface area contributed by atoms with Gasteiger partial charge in [-0.2, -0.15) is 0 Å². The lowest BCUT2D eigenvalue weighted by atomic mass is 9.94. The molecule has 2 unspecified atom stereocenters. The molecular weight excluding hydrogens is 357 g/mol. The lowest BCUT2D eigenvalue weighted by Crippen LogP contribution is -2.28. The molecule has 4 N–H and O–H groups in total. The molecular formula is C21H22FN5O. The van der Waals surface area contributed by atoms with Crippen LogP contribution in [-0.2, 0) is 6.42 Å². The van der Waals surface area contributed by atoms with Crippen LogP contribution in [0.5, 0.6) is 0 Å². The molecule has 6 nitrogen and oxygen atoms in total. The van der Waals surface area contributed by atoms with Crippen LogP contribution in [0.2, 0.25) is 0 Å². The van der Waals surface area contributed by atoms with Gasteiger partial charge in [-0.25, -0.2) is 14.4 Å². The molecule has 3 aromatic rings. The Kier molecular flexibility index (Phi) is 4.92. The maximum Gasteiger partial charge on any atom is 0.250 e. The van der Waals surface area contributed by atoms with Crippen LogP contribution in [0.4, 0.5) is 10.2 Å². The topological polar surface area (TPSA) is 92.9 Å². The van der Waals surface area contributed by atoms with Gasteiger partial charge in [-0.15, -0.1) is 0 Å². The summed E-state index contributed by atoms with van der Waals surface area (Å²) in [5.41, 5.74) is 7.40. The number of nitrogens with two attached hydrogens (primary N) is 1. The zero-order valence-corrected chi connectivity index (χ0v) is 15.6. The molecule has 0 aliphatic carbocycles. The van der Waals surface area contributed by atoms with E-state index in [9.17, 15) is 9.18 Å². The fourth-order valence-electron chi connectivity index (χ4n) is 3.76. The van der Waals surface area contributed by atoms with E-state index in [0.29, 0.717) is 29.1 Å². The Hall–Kier alpha value is -3.06. The number of para-hydroxylation sites is 1. The minimum absolute atomic E-state index is 0.0295. The van der Waals surface area contributed by atoms with Crippen molar-refractivity contribution >= 4 is 22.6 Å². The number of nitrogens with zero attached hydrogens (tertiary/aromatic N) is 2. The number of primary amides is 1. The number of rotatable bonds is 5. The molecule has 1 aromatic heterocycles. The number of halogens is 1. The van der Waals surface area contributed by atoms with E-state index in [2.05, 4.69) is 20.6 Å². The molecule has 1 aliphatic rings. The summed E-state index contributed by atoms with van der Waals surface area (Å²) in [4.78, 5) is 21.0. The summed E-state index contributed by atoms with van der Waals surface area (Å²) in [6.45, 7) is 3.44. The number of anilines is 1. The molecule has 0 spiro atoms. The number of fused-ring (bicyclic) bond motifs is 1. The minimum Gasteiger partial charge on any atom is -0.366 e. The Morgan fingerprint density at radius 3 is 2.82 bits per heavy atom. The number of amides is 1. The Morgan fingerprint density at radius 1 is 1.25 bits per heavy atom. The second kappa shape index (κ2) is 7.52. The first-order valence-electron chi connectivity index (χ1n) is 9.39. The van der Waals surface area contributed by atoms with Crippen molar-refractivity contribution in [3.05, 3.63) is 65.2 Å². The number of nitrogens with one attached hydrogen (secondary N) is 2. The largest absolute Gasteiger partial charge is 0.366 e. The molecule has 144 valence electrons. The summed E-state index contributed by atoms with van der Waals surface area (Å²) < 4.78 is 13.7. The summed E-state index contributed by atoms with van der Waals surface area (Å²) in [5, 5.41) is 7.62. The van der Waals surface area contributed by atoms with E-state index in [1.54, 1.807) is 24.3 Å². The van der Waals surface area contributed by atoms with E-state index in [1.165, 1.54) is 6.07 Å². The molecule has 0 bridgehead atoms. The summed E-state index contributed by atoms with van der Waals surface area (Å²) >= 11 is 0. The van der Waals surface area contributed by atoms with Gasteiger partial charge in [-0.05, 0) is 29.8 Å². The van der Waals surface area contributed by atoms with E-state index in [4.69, 9.17) is 5.73 Å². The third-order valence-corrected chi connectivity index (χ3v) is 5.17. The van der Waals surface area contributed by atoms with Gasteiger partial charge in [-0.3, -0.25) is 4.79 Å². The van der Waals surface area contributed by atoms with Gasteiger partial charge in [0, 0.05) is 36.9 Å². The highest BCUT2D eigenvalue weighted by molar-refractivity contribution is 6.07. The molecule has 2 heterocycles. The quantitative estimate of drug-likeness (QED) is 0.634. The SMILES string of the molecule is CCc1nc(NC2CNCC2c2cccc(F)c2)c2cccc(C(N)=O)c2n1. The molecule has 1 saturated heterocycles. The second-order valence-electron chi connectivity index (χ2n) is 6.98. The van der Waals surface area contributed by atoms with Crippen LogP contribution in [0.3, 0.4) is 0 Å². The highest BCUT2D eigenvalue weighted by Crippen LogP contribution is 2.29. The van der Waals surface area contributed by atoms with Crippen molar-refractivity contribution in [2.75, 3.05) is 18.4 Å². The highest BCUT2D eigenvalue weighted by Gasteiger charge is 2.29. The summed E-state index contributed by atoms with van der Waals surface area (Å²) in [5.74, 6) is 0.648. The monoisotopic (exact) mass is 379 g/mol. The Morgan fingerprint density at radius 2 is 2.07 bits per heavy atom. The zero-order chi connectivity index (χ0) is 19.7. The van der Waals surface area contributed by atoms with Gasteiger partial charge in [-0.1, -0.05) is 25.1 Å². The first-order chi connectivity index (χ1) is 13.6. The van der Waals surface area contributed by atoms with Crippen LogP contribution in [-0.4, -0.2) is 35.0 Å². The van der Waals surface area contributed by atoms with Crippen LogP contribution in [0.25, 0.3) is 10.9 Å². The van der Waals surface area contributed by atoms with E-state index in [-0.39, 0.29) is 17.8 Å². The van der Waals surface area contributed by atoms with Crippen molar-refractivity contribution in [3.63, 3.8) is 0 Å². The van der Waals surface area contributed by atoms with E-state index in [0.717, 1.165) is 24.0 Å². The number of hydrogen-bond acceptors (Lipinski definition) is 5. The number of hydrogen-bond donors (Lipinski definition) is 3. The fourth-order valence-corrected chi connectivity index (χ4v) is 3.76. The van der Waals surface area contributed by atoms with E-state index < -0.39 is 5.91 Å². The second-order valence-corrected chi connectivity index (χ2v) is 6.98. The molecule has 0 saturated carbocycles. The van der Waals surface area contributed by atoms with Crippen molar-refractivity contribution in [1.82, 2.24) is 15.3 Å². The maximum atomic E-state index is 13.7. The Bertz CT molecular complexity index is 1040. The molecule has 4 rings (SSSR count). The number of aromatic nitrogens is 2. The molecule has 2 atom stereocenters. The molecule has 0 radical (unpaired) electrons. The van der Waals surface area contributed by atoms with Crippen molar-refractivity contribution < 1.29 is 9.18 Å². The summed E-state index contributed by atoms with van der Waals surface area (Å²) in [6.07, 6.45) is 0.633. The third kappa shape index (κ3) is 3.41. The predicted molar refractivity (Wildman–Crippen MR) is 107 cm³/mol. The molecule has 7 heteroatoms. The minimum atomic E-state index is -0.516. The lowest BCUT2D eigenvalue weighted by molar-refractivity contribution is 0.100. The predicted octanol–water partition coefficient (Wildman–Crippen LogP) is 2.60. The van der Waals surface area contributed by atoms with Crippen molar-refractivity contribution in [3.8, 4) is 0 Å². The average Bonchev–Trinajstić information content (AvgIpc) is 3.15. The first kappa shape index (κ1) is 18.3. The van der Waals surface area contributed by atoms with Crippen LogP contribution in [0.1, 0.15) is 34.6 Å². The Labute approximate surface area is 162 Å². The van der Waals surface area contributed by atoms with Crippen LogP contribution >= 0.6 is 0 Å². The van der Waals surface area contributed by atoms with Crippen LogP contribution < -0.4 is 16.4 Å². The van der Waals surface area contributed by atoms with Gasteiger partial charge < -0.3 is 16.4 Å². The van der Waals surface area contributed by atoms with Crippen molar-refractivity contribution in [2.45, 2.75) is 25.3 Å². The normalized spacial score (nSPS) is 19.1. The molecule has 1 amide bonds. The number of aryl methyl sites for hydroxylation is 1. The lowest BCUT2D eigenvalue weighted by Gasteiger charge is -2.22. The van der Waals surface area contributed by atoms with Crippen LogP contribution in [0.15, 0.2) is 42.5 Å². The first-order valence-corrected chi connectivity index (χ1v) is 9.39. The van der Waals surface area contributed by atoms with E-state index >= 15 is 0 Å². The molecule has 2 aromatic carbocycles. The number of carbonyl (C=O) groups is 1. The Balaban J connectivity index is 1.74. The van der Waals surface area contributed by atoms with Gasteiger partial charge in [0.1, 0.15) is 17.5 Å². The van der Waals surface area contributed by atoms with Crippen LogP contribution in [0, 0.1) is 5.82 Å². The van der Waals surface area contributed by atoms with Gasteiger partial charge >= 0.3 is 0 Å². The van der Waals surface area contributed by atoms with Gasteiger partial charge in [0.2, 0.25) is 0 Å². The summed E-state index contributed by atoms with van der Waals surface area (Å²) in [7, 11) is 0. The molecule has 1 aliphatic heterocycles. The standard InChI is InChI=1S/C21H22FN5O/c1-2-18-26-19-14(20(23)28)7-4-8-15(19)21(27-18)25-17-11-24-10-16(17)12-5-3-6-13(22)9-12/h3-9,16-17,24H,2,10-11H2,1H3,(H2,23,28)(H,25,26,27). The molecule has 28 heavy (non-hydrogen) atoms. The zero-order valence-electron chi connectivity index (χ0n) is 15.6. The molecule has 1 fully saturated rings. The van der Waals surface area contributed by atoms with Crippen molar-refractivity contribution in [1.29, 1.82) is 0 Å². The highest BCUT2D eigenvalue weighted by atomic mass is 19.1. The smallest absolute Gasteiger partial charge is 0.250 e. The van der Waals surface area contributed by atoms with Crippen molar-refractivity contribution in [2.24, 2.45) is 5.73 Å². The maximum absolute atomic E-state index is 13.7. The third-order valence-electron chi connectivity index (χ3n) is 5.17. The fraction of sp³-hybridized carbons (Fsp3) is 0.286. The van der Waals surface area contributed by atoms with Gasteiger partial charge in [0.05, 0.1) is 11.1 Å². The number of carbonyl (C=O) groups excluding carboxylic acids is 1. The average molecular weight is 379 g/mol. The van der Waals surface area contributed by atoms with Gasteiger partial charge in [0.25, 0.3) is 5.91 Å². The van der Waals surface area contributed by atoms with Gasteiger partial charge in [0.15, 0.2) is 0 Å². The van der Waals surface area contributed by atoms with E-state index in [1.807, 2.05) is 19.1 Å².